The van der Waals surface area contributed by atoms with E-state index in [9.17, 15) is 9.59 Å². The zero-order valence-electron chi connectivity index (χ0n) is 15.2. The maximum atomic E-state index is 12.3. The van der Waals surface area contributed by atoms with Crippen LogP contribution in [0.1, 0.15) is 10.4 Å². The van der Waals surface area contributed by atoms with Crippen molar-refractivity contribution in [2.75, 3.05) is 38.0 Å². The molecule has 1 aromatic carbocycles. The molecule has 2 heterocycles. The number of carbonyl (C=O) groups excluding carboxylic acids is 2. The van der Waals surface area contributed by atoms with E-state index in [2.05, 4.69) is 21.6 Å². The number of halogens is 1. The lowest BCUT2D eigenvalue weighted by molar-refractivity contribution is -0.122. The standard InChI is InChI=1S/C19H23ClN4O2S/c1-14-6-11-27-17(14)12-21-18(25)13-23-7-9-24(10-8-23)19(26)22-16-4-2-15(20)3-5-16/h2-6,11H,7-10,12-13H2,1H3,(H,21,25)(H,22,26). The van der Waals surface area contributed by atoms with Gasteiger partial charge in [-0.3, -0.25) is 9.69 Å². The van der Waals surface area contributed by atoms with Crippen LogP contribution in [0.4, 0.5) is 10.5 Å². The molecule has 0 unspecified atom stereocenters. The summed E-state index contributed by atoms with van der Waals surface area (Å²) in [4.78, 5) is 29.5. The first-order valence-electron chi connectivity index (χ1n) is 8.85. The van der Waals surface area contributed by atoms with E-state index in [4.69, 9.17) is 11.6 Å². The van der Waals surface area contributed by atoms with Gasteiger partial charge in [0.1, 0.15) is 0 Å². The molecule has 6 nitrogen and oxygen atoms in total. The molecule has 144 valence electrons. The number of carbonyl (C=O) groups is 2. The summed E-state index contributed by atoms with van der Waals surface area (Å²) in [6.45, 7) is 5.53. The van der Waals surface area contributed by atoms with Crippen LogP contribution in [0.5, 0.6) is 0 Å². The summed E-state index contributed by atoms with van der Waals surface area (Å²) in [7, 11) is 0. The van der Waals surface area contributed by atoms with E-state index >= 15 is 0 Å². The SMILES string of the molecule is Cc1ccsc1CNC(=O)CN1CCN(C(=O)Nc2ccc(Cl)cc2)CC1. The second kappa shape index (κ2) is 9.21. The largest absolute Gasteiger partial charge is 0.350 e. The molecule has 0 spiro atoms. The summed E-state index contributed by atoms with van der Waals surface area (Å²) >= 11 is 7.51. The second-order valence-corrected chi connectivity index (χ2v) is 7.94. The Kier molecular flexibility index (Phi) is 6.71. The molecule has 8 heteroatoms. The number of benzene rings is 1. The Morgan fingerprint density at radius 2 is 1.81 bits per heavy atom. The first-order chi connectivity index (χ1) is 13.0. The van der Waals surface area contributed by atoms with Crippen molar-refractivity contribution >= 4 is 40.6 Å². The lowest BCUT2D eigenvalue weighted by atomic mass is 10.3. The average Bonchev–Trinajstić information content (AvgIpc) is 3.07. The topological polar surface area (TPSA) is 64.7 Å². The highest BCUT2D eigenvalue weighted by Crippen LogP contribution is 2.15. The summed E-state index contributed by atoms with van der Waals surface area (Å²) in [5.41, 5.74) is 1.93. The van der Waals surface area contributed by atoms with Crippen molar-refractivity contribution < 1.29 is 9.59 Å². The average molecular weight is 407 g/mol. The van der Waals surface area contributed by atoms with E-state index in [0.717, 1.165) is 5.69 Å². The molecule has 2 aromatic rings. The molecule has 3 rings (SSSR count). The zero-order chi connectivity index (χ0) is 19.2. The lowest BCUT2D eigenvalue weighted by Crippen LogP contribution is -2.52. The van der Waals surface area contributed by atoms with Crippen LogP contribution in [-0.4, -0.2) is 54.5 Å². The molecule has 3 amide bonds. The van der Waals surface area contributed by atoms with Crippen molar-refractivity contribution in [3.8, 4) is 0 Å². The Hall–Kier alpha value is -2.09. The van der Waals surface area contributed by atoms with Gasteiger partial charge in [-0.1, -0.05) is 11.6 Å². The molecular formula is C19H23ClN4O2S. The number of aryl methyl sites for hydroxylation is 1. The molecule has 1 saturated heterocycles. The minimum Gasteiger partial charge on any atom is -0.350 e. The third-order valence-electron chi connectivity index (χ3n) is 4.54. The third kappa shape index (κ3) is 5.69. The first-order valence-corrected chi connectivity index (χ1v) is 10.1. The fourth-order valence-corrected chi connectivity index (χ4v) is 3.84. The number of nitrogens with zero attached hydrogens (tertiary/aromatic N) is 2. The molecular weight excluding hydrogens is 384 g/mol. The Labute approximate surface area is 168 Å². The number of nitrogens with one attached hydrogen (secondary N) is 2. The monoisotopic (exact) mass is 406 g/mol. The van der Waals surface area contributed by atoms with Gasteiger partial charge in [0.05, 0.1) is 13.1 Å². The molecule has 0 saturated carbocycles. The van der Waals surface area contributed by atoms with E-state index in [1.165, 1.54) is 10.4 Å². The summed E-state index contributed by atoms with van der Waals surface area (Å²) in [6.07, 6.45) is 0. The van der Waals surface area contributed by atoms with Gasteiger partial charge in [-0.2, -0.15) is 0 Å². The van der Waals surface area contributed by atoms with Crippen LogP contribution in [0, 0.1) is 6.92 Å². The molecule has 0 bridgehead atoms. The number of rotatable bonds is 5. The first kappa shape index (κ1) is 19.7. The Bertz CT molecular complexity index is 785. The number of hydrogen-bond donors (Lipinski definition) is 2. The fraction of sp³-hybridized carbons (Fsp3) is 0.368. The maximum absolute atomic E-state index is 12.3. The molecule has 1 fully saturated rings. The molecule has 1 aliphatic heterocycles. The van der Waals surface area contributed by atoms with Crippen LogP contribution in [-0.2, 0) is 11.3 Å². The lowest BCUT2D eigenvalue weighted by Gasteiger charge is -2.34. The number of thiophene rings is 1. The Morgan fingerprint density at radius 1 is 1.11 bits per heavy atom. The summed E-state index contributed by atoms with van der Waals surface area (Å²) in [5.74, 6) is 0.0156. The molecule has 27 heavy (non-hydrogen) atoms. The Balaban J connectivity index is 1.39. The van der Waals surface area contributed by atoms with Crippen molar-refractivity contribution in [3.05, 3.63) is 51.2 Å². The molecule has 0 radical (unpaired) electrons. The van der Waals surface area contributed by atoms with Gasteiger partial charge < -0.3 is 15.5 Å². The predicted octanol–water partition coefficient (Wildman–Crippen LogP) is 3.18. The maximum Gasteiger partial charge on any atom is 0.321 e. The number of piperazine rings is 1. The van der Waals surface area contributed by atoms with Gasteiger partial charge in [0.15, 0.2) is 0 Å². The summed E-state index contributed by atoms with van der Waals surface area (Å²) in [5, 5.41) is 8.50. The predicted molar refractivity (Wildman–Crippen MR) is 109 cm³/mol. The van der Waals surface area contributed by atoms with Crippen molar-refractivity contribution in [2.24, 2.45) is 0 Å². The van der Waals surface area contributed by atoms with Crippen LogP contribution in [0.25, 0.3) is 0 Å². The van der Waals surface area contributed by atoms with Gasteiger partial charge in [-0.25, -0.2) is 4.79 Å². The van der Waals surface area contributed by atoms with Gasteiger partial charge in [0.2, 0.25) is 5.91 Å². The van der Waals surface area contributed by atoms with E-state index < -0.39 is 0 Å². The van der Waals surface area contributed by atoms with Crippen LogP contribution < -0.4 is 10.6 Å². The normalized spacial score (nSPS) is 14.8. The van der Waals surface area contributed by atoms with Gasteiger partial charge in [-0.15, -0.1) is 11.3 Å². The van der Waals surface area contributed by atoms with E-state index in [0.29, 0.717) is 44.3 Å². The minimum absolute atomic E-state index is 0.0156. The van der Waals surface area contributed by atoms with Gasteiger partial charge in [0.25, 0.3) is 0 Å². The quantitative estimate of drug-likeness (QED) is 0.801. The molecule has 0 atom stereocenters. The molecule has 1 aromatic heterocycles. The molecule has 1 aliphatic rings. The second-order valence-electron chi connectivity index (χ2n) is 6.50. The third-order valence-corrected chi connectivity index (χ3v) is 5.81. The molecule has 2 N–H and O–H groups in total. The summed E-state index contributed by atoms with van der Waals surface area (Å²) in [6, 6.07) is 8.96. The Morgan fingerprint density at radius 3 is 2.44 bits per heavy atom. The van der Waals surface area contributed by atoms with Gasteiger partial charge in [0, 0.05) is 41.8 Å². The van der Waals surface area contributed by atoms with E-state index in [-0.39, 0.29) is 11.9 Å². The van der Waals surface area contributed by atoms with E-state index in [1.54, 1.807) is 40.5 Å². The number of urea groups is 1. The highest BCUT2D eigenvalue weighted by molar-refractivity contribution is 7.10. The van der Waals surface area contributed by atoms with Crippen molar-refractivity contribution in [2.45, 2.75) is 13.5 Å². The van der Waals surface area contributed by atoms with Crippen molar-refractivity contribution in [1.29, 1.82) is 0 Å². The smallest absolute Gasteiger partial charge is 0.321 e. The minimum atomic E-state index is -0.130. The number of hydrogen-bond acceptors (Lipinski definition) is 4. The molecule has 0 aliphatic carbocycles. The van der Waals surface area contributed by atoms with Crippen LogP contribution in [0.2, 0.25) is 5.02 Å². The van der Waals surface area contributed by atoms with Crippen molar-refractivity contribution in [3.63, 3.8) is 0 Å². The highest BCUT2D eigenvalue weighted by Gasteiger charge is 2.22. The fourth-order valence-electron chi connectivity index (χ4n) is 2.87. The van der Waals surface area contributed by atoms with Gasteiger partial charge >= 0.3 is 6.03 Å². The van der Waals surface area contributed by atoms with Crippen LogP contribution in [0.15, 0.2) is 35.7 Å². The highest BCUT2D eigenvalue weighted by atomic mass is 35.5. The van der Waals surface area contributed by atoms with E-state index in [1.807, 2.05) is 12.3 Å². The van der Waals surface area contributed by atoms with Crippen molar-refractivity contribution in [1.82, 2.24) is 15.1 Å². The van der Waals surface area contributed by atoms with Crippen LogP contribution >= 0.6 is 22.9 Å². The number of amides is 3. The van der Waals surface area contributed by atoms with Gasteiger partial charge in [-0.05, 0) is 48.2 Å². The van der Waals surface area contributed by atoms with Crippen LogP contribution in [0.3, 0.4) is 0 Å². The summed E-state index contributed by atoms with van der Waals surface area (Å²) < 4.78 is 0. The number of anilines is 1. The zero-order valence-corrected chi connectivity index (χ0v) is 16.8.